The number of phenols is 1. The molecule has 2 aromatic carbocycles. The van der Waals surface area contributed by atoms with Gasteiger partial charge in [0.15, 0.2) is 0 Å². The van der Waals surface area contributed by atoms with E-state index >= 15 is 0 Å². The largest absolute Gasteiger partial charge is 0.508 e. The Morgan fingerprint density at radius 1 is 1.24 bits per heavy atom. The van der Waals surface area contributed by atoms with Gasteiger partial charge in [-0.1, -0.05) is 36.8 Å². The number of primary amides is 1. The number of amides is 1. The average Bonchev–Trinajstić information content (AvgIpc) is 2.50. The number of nitrogens with zero attached hydrogens (tertiary/aromatic N) is 1. The highest BCUT2D eigenvalue weighted by Gasteiger charge is 2.27. The van der Waals surface area contributed by atoms with E-state index in [0.29, 0.717) is 6.54 Å². The molecule has 1 aliphatic heterocycles. The molecule has 4 nitrogen and oxygen atoms in total. The van der Waals surface area contributed by atoms with E-state index < -0.39 is 0 Å². The first-order chi connectivity index (χ1) is 10.2. The van der Waals surface area contributed by atoms with Gasteiger partial charge in [-0.2, -0.15) is 0 Å². The van der Waals surface area contributed by atoms with Crippen molar-refractivity contribution in [1.82, 2.24) is 4.90 Å². The quantitative estimate of drug-likeness (QED) is 0.909. The summed E-state index contributed by atoms with van der Waals surface area (Å²) in [6.07, 6.45) is 2.90. The second kappa shape index (κ2) is 5.74. The molecule has 0 aromatic heterocycles. The second-order valence-electron chi connectivity index (χ2n) is 5.67. The SMILES string of the molecule is NC(=O)C1CCCCN1Cc1c(O)ccc2ccccc12. The van der Waals surface area contributed by atoms with Crippen LogP contribution >= 0.6 is 0 Å². The molecule has 3 rings (SSSR count). The number of piperidine rings is 1. The Balaban J connectivity index is 1.97. The van der Waals surface area contributed by atoms with E-state index in [1.54, 1.807) is 6.07 Å². The highest BCUT2D eigenvalue weighted by Crippen LogP contribution is 2.30. The Morgan fingerprint density at radius 2 is 2.05 bits per heavy atom. The van der Waals surface area contributed by atoms with Gasteiger partial charge in [-0.05, 0) is 36.2 Å². The maximum absolute atomic E-state index is 11.6. The van der Waals surface area contributed by atoms with E-state index in [-0.39, 0.29) is 17.7 Å². The fourth-order valence-electron chi connectivity index (χ4n) is 3.20. The summed E-state index contributed by atoms with van der Waals surface area (Å²) >= 11 is 0. The van der Waals surface area contributed by atoms with Crippen LogP contribution in [0.25, 0.3) is 10.8 Å². The Labute approximate surface area is 124 Å². The summed E-state index contributed by atoms with van der Waals surface area (Å²) in [5.41, 5.74) is 6.39. The molecule has 1 heterocycles. The van der Waals surface area contributed by atoms with Crippen molar-refractivity contribution >= 4 is 16.7 Å². The predicted molar refractivity (Wildman–Crippen MR) is 82.9 cm³/mol. The Bertz CT molecular complexity index is 669. The van der Waals surface area contributed by atoms with E-state index in [2.05, 4.69) is 4.90 Å². The highest BCUT2D eigenvalue weighted by molar-refractivity contribution is 5.87. The summed E-state index contributed by atoms with van der Waals surface area (Å²) in [5, 5.41) is 12.4. The average molecular weight is 284 g/mol. The van der Waals surface area contributed by atoms with Gasteiger partial charge in [0.1, 0.15) is 5.75 Å². The fraction of sp³-hybridized carbons (Fsp3) is 0.353. The highest BCUT2D eigenvalue weighted by atomic mass is 16.3. The predicted octanol–water partition coefficient (Wildman–Crippen LogP) is 2.39. The summed E-state index contributed by atoms with van der Waals surface area (Å²) in [4.78, 5) is 13.7. The number of rotatable bonds is 3. The molecule has 1 saturated heterocycles. The molecule has 1 fully saturated rings. The number of benzene rings is 2. The molecule has 1 amide bonds. The molecule has 1 unspecified atom stereocenters. The van der Waals surface area contributed by atoms with Crippen LogP contribution in [-0.2, 0) is 11.3 Å². The van der Waals surface area contributed by atoms with Crippen LogP contribution in [0, 0.1) is 0 Å². The first-order valence-corrected chi connectivity index (χ1v) is 7.40. The van der Waals surface area contributed by atoms with Crippen molar-refractivity contribution in [3.63, 3.8) is 0 Å². The van der Waals surface area contributed by atoms with Crippen LogP contribution in [0.2, 0.25) is 0 Å². The first kappa shape index (κ1) is 13.9. The lowest BCUT2D eigenvalue weighted by atomic mass is 9.98. The molecule has 2 aromatic rings. The molecule has 0 bridgehead atoms. The van der Waals surface area contributed by atoms with Gasteiger partial charge in [0, 0.05) is 12.1 Å². The van der Waals surface area contributed by atoms with Crippen molar-refractivity contribution in [1.29, 1.82) is 0 Å². The van der Waals surface area contributed by atoms with Crippen LogP contribution < -0.4 is 5.73 Å². The minimum atomic E-state index is -0.269. The molecule has 1 atom stereocenters. The van der Waals surface area contributed by atoms with E-state index in [9.17, 15) is 9.90 Å². The van der Waals surface area contributed by atoms with E-state index in [1.165, 1.54) is 0 Å². The van der Waals surface area contributed by atoms with Gasteiger partial charge >= 0.3 is 0 Å². The lowest BCUT2D eigenvalue weighted by Gasteiger charge is -2.34. The van der Waals surface area contributed by atoms with Gasteiger partial charge in [0.05, 0.1) is 6.04 Å². The van der Waals surface area contributed by atoms with Gasteiger partial charge in [0.25, 0.3) is 0 Å². The minimum Gasteiger partial charge on any atom is -0.508 e. The third-order valence-electron chi connectivity index (χ3n) is 4.32. The van der Waals surface area contributed by atoms with Gasteiger partial charge in [-0.25, -0.2) is 0 Å². The fourth-order valence-corrected chi connectivity index (χ4v) is 3.20. The summed E-state index contributed by atoms with van der Waals surface area (Å²) in [7, 11) is 0. The zero-order valence-electron chi connectivity index (χ0n) is 12.0. The molecule has 110 valence electrons. The molecule has 0 saturated carbocycles. The number of nitrogens with two attached hydrogens (primary N) is 1. The number of fused-ring (bicyclic) bond motifs is 1. The van der Waals surface area contributed by atoms with Crippen molar-refractivity contribution in [2.45, 2.75) is 31.8 Å². The zero-order chi connectivity index (χ0) is 14.8. The van der Waals surface area contributed by atoms with Crippen LogP contribution in [0.1, 0.15) is 24.8 Å². The summed E-state index contributed by atoms with van der Waals surface area (Å²) in [6, 6.07) is 11.4. The van der Waals surface area contributed by atoms with Gasteiger partial charge in [0.2, 0.25) is 5.91 Å². The second-order valence-corrected chi connectivity index (χ2v) is 5.67. The van der Waals surface area contributed by atoms with Crippen LogP contribution in [0.5, 0.6) is 5.75 Å². The first-order valence-electron chi connectivity index (χ1n) is 7.40. The minimum absolute atomic E-state index is 0.225. The van der Waals surface area contributed by atoms with E-state index in [1.807, 2.05) is 30.3 Å². The topological polar surface area (TPSA) is 66.6 Å². The van der Waals surface area contributed by atoms with E-state index in [0.717, 1.165) is 42.1 Å². The van der Waals surface area contributed by atoms with Gasteiger partial charge in [-0.15, -0.1) is 0 Å². The lowest BCUT2D eigenvalue weighted by molar-refractivity contribution is -0.124. The Hall–Kier alpha value is -2.07. The maximum Gasteiger partial charge on any atom is 0.234 e. The van der Waals surface area contributed by atoms with E-state index in [4.69, 9.17) is 5.73 Å². The number of hydrogen-bond acceptors (Lipinski definition) is 3. The van der Waals surface area contributed by atoms with Crippen LogP contribution in [0.3, 0.4) is 0 Å². The molecule has 21 heavy (non-hydrogen) atoms. The molecular formula is C17H20N2O2. The Morgan fingerprint density at radius 3 is 2.86 bits per heavy atom. The van der Waals surface area contributed by atoms with Crippen LogP contribution in [0.4, 0.5) is 0 Å². The smallest absolute Gasteiger partial charge is 0.234 e. The van der Waals surface area contributed by atoms with Crippen molar-refractivity contribution < 1.29 is 9.90 Å². The van der Waals surface area contributed by atoms with Crippen molar-refractivity contribution in [2.24, 2.45) is 5.73 Å². The molecule has 0 aliphatic carbocycles. The number of carbonyl (C=O) groups excluding carboxylic acids is 1. The monoisotopic (exact) mass is 284 g/mol. The molecule has 1 aliphatic rings. The molecule has 0 radical (unpaired) electrons. The number of likely N-dealkylation sites (tertiary alicyclic amines) is 1. The zero-order valence-corrected chi connectivity index (χ0v) is 12.0. The molecule has 0 spiro atoms. The maximum atomic E-state index is 11.6. The van der Waals surface area contributed by atoms with Crippen molar-refractivity contribution in [3.8, 4) is 5.75 Å². The third-order valence-corrected chi connectivity index (χ3v) is 4.32. The van der Waals surface area contributed by atoms with Crippen LogP contribution in [0.15, 0.2) is 36.4 Å². The molecule has 3 N–H and O–H groups in total. The summed E-state index contributed by atoms with van der Waals surface area (Å²) < 4.78 is 0. The van der Waals surface area contributed by atoms with Crippen molar-refractivity contribution in [3.05, 3.63) is 42.0 Å². The number of aromatic hydroxyl groups is 1. The van der Waals surface area contributed by atoms with Gasteiger partial charge in [-0.3, -0.25) is 9.69 Å². The van der Waals surface area contributed by atoms with Gasteiger partial charge < -0.3 is 10.8 Å². The molecule has 4 heteroatoms. The molecular weight excluding hydrogens is 264 g/mol. The summed E-state index contributed by atoms with van der Waals surface area (Å²) in [5.74, 6) is 0.0110. The number of phenolic OH excluding ortho intramolecular Hbond substituents is 1. The Kier molecular flexibility index (Phi) is 3.80. The standard InChI is InChI=1S/C17H20N2O2/c18-17(21)15-7-3-4-10-19(15)11-14-13-6-2-1-5-12(13)8-9-16(14)20/h1-2,5-6,8-9,15,20H,3-4,7,10-11H2,(H2,18,21). The number of hydrogen-bond donors (Lipinski definition) is 2. The lowest BCUT2D eigenvalue weighted by Crippen LogP contribution is -2.47. The number of carbonyl (C=O) groups is 1. The summed E-state index contributed by atoms with van der Waals surface area (Å²) in [6.45, 7) is 1.40. The van der Waals surface area contributed by atoms with Crippen LogP contribution in [-0.4, -0.2) is 28.5 Å². The van der Waals surface area contributed by atoms with Crippen molar-refractivity contribution in [2.75, 3.05) is 6.54 Å². The third kappa shape index (κ3) is 2.72. The normalized spacial score (nSPS) is 19.7.